The number of anilines is 1. The van der Waals surface area contributed by atoms with Gasteiger partial charge in [0.1, 0.15) is 5.82 Å². The summed E-state index contributed by atoms with van der Waals surface area (Å²) in [6.07, 6.45) is 2.24. The van der Waals surface area contributed by atoms with Crippen molar-refractivity contribution in [1.29, 1.82) is 0 Å². The van der Waals surface area contributed by atoms with Gasteiger partial charge in [-0.1, -0.05) is 25.5 Å². The van der Waals surface area contributed by atoms with Crippen molar-refractivity contribution in [2.45, 2.75) is 19.8 Å². The lowest BCUT2D eigenvalue weighted by Gasteiger charge is -2.19. The van der Waals surface area contributed by atoms with Gasteiger partial charge in [-0.05, 0) is 18.6 Å². The van der Waals surface area contributed by atoms with E-state index in [2.05, 4.69) is 6.92 Å². The van der Waals surface area contributed by atoms with Crippen LogP contribution in [0.4, 0.5) is 10.1 Å². The zero-order valence-electron chi connectivity index (χ0n) is 8.26. The zero-order valence-corrected chi connectivity index (χ0v) is 8.26. The Morgan fingerprint density at radius 1 is 1.31 bits per heavy atom. The minimum absolute atomic E-state index is 0.138. The van der Waals surface area contributed by atoms with Gasteiger partial charge in [-0.3, -0.25) is 0 Å². The fraction of sp³-hybridized carbons (Fsp3) is 0.455. The van der Waals surface area contributed by atoms with Crippen LogP contribution in [0.2, 0.25) is 0 Å². The van der Waals surface area contributed by atoms with Crippen molar-refractivity contribution in [2.75, 3.05) is 18.5 Å². The van der Waals surface area contributed by atoms with Gasteiger partial charge >= 0.3 is 0 Å². The van der Waals surface area contributed by atoms with Gasteiger partial charge in [0.2, 0.25) is 0 Å². The minimum atomic E-state index is -0.138. The van der Waals surface area contributed by atoms with Crippen LogP contribution in [-0.2, 0) is 0 Å². The number of hydrogen-bond acceptors (Lipinski definition) is 1. The van der Waals surface area contributed by atoms with E-state index < -0.39 is 0 Å². The van der Waals surface area contributed by atoms with Gasteiger partial charge in [-0.25, -0.2) is 4.39 Å². The molecule has 0 atom stereocenters. The molecule has 0 unspecified atom stereocenters. The van der Waals surface area contributed by atoms with Gasteiger partial charge in [0, 0.05) is 13.6 Å². The van der Waals surface area contributed by atoms with Crippen molar-refractivity contribution in [3.8, 4) is 0 Å². The normalized spacial score (nSPS) is 10.1. The Balaban J connectivity index is 2.65. The lowest BCUT2D eigenvalue weighted by Crippen LogP contribution is -2.19. The molecule has 0 bridgehead atoms. The maximum atomic E-state index is 13.2. The van der Waals surface area contributed by atoms with Gasteiger partial charge in [-0.15, -0.1) is 0 Å². The molecule has 0 N–H and O–H groups in total. The molecule has 0 radical (unpaired) electrons. The molecule has 0 aliphatic carbocycles. The van der Waals surface area contributed by atoms with E-state index in [9.17, 15) is 4.39 Å². The first-order valence-electron chi connectivity index (χ1n) is 4.71. The molecule has 0 aliphatic rings. The molecule has 0 heterocycles. The fourth-order valence-electron chi connectivity index (χ4n) is 1.28. The molecule has 1 rings (SSSR count). The molecular formula is C11H16FN. The average molecular weight is 181 g/mol. The van der Waals surface area contributed by atoms with E-state index in [1.807, 2.05) is 24.1 Å². The third-order valence-electron chi connectivity index (χ3n) is 2.11. The Morgan fingerprint density at radius 2 is 2.00 bits per heavy atom. The Labute approximate surface area is 79.2 Å². The highest BCUT2D eigenvalue weighted by Gasteiger charge is 2.04. The van der Waals surface area contributed by atoms with Crippen LogP contribution >= 0.6 is 0 Å². The summed E-state index contributed by atoms with van der Waals surface area (Å²) in [5, 5.41) is 0. The van der Waals surface area contributed by atoms with E-state index in [1.165, 1.54) is 6.07 Å². The number of nitrogens with zero attached hydrogens (tertiary/aromatic N) is 1. The van der Waals surface area contributed by atoms with Crippen LogP contribution in [0.15, 0.2) is 24.3 Å². The maximum absolute atomic E-state index is 13.2. The molecule has 0 saturated carbocycles. The van der Waals surface area contributed by atoms with Crippen molar-refractivity contribution in [2.24, 2.45) is 0 Å². The monoisotopic (exact) mass is 181 g/mol. The molecule has 13 heavy (non-hydrogen) atoms. The quantitative estimate of drug-likeness (QED) is 0.690. The molecule has 1 aromatic rings. The molecule has 2 heteroatoms. The second kappa shape index (κ2) is 4.85. The maximum Gasteiger partial charge on any atom is 0.146 e. The van der Waals surface area contributed by atoms with E-state index in [-0.39, 0.29) is 5.82 Å². The number of benzene rings is 1. The summed E-state index contributed by atoms with van der Waals surface area (Å²) >= 11 is 0. The molecule has 0 amide bonds. The van der Waals surface area contributed by atoms with Crippen molar-refractivity contribution >= 4 is 5.69 Å². The van der Waals surface area contributed by atoms with E-state index in [0.29, 0.717) is 5.69 Å². The second-order valence-corrected chi connectivity index (χ2v) is 3.23. The summed E-state index contributed by atoms with van der Waals surface area (Å²) in [5.41, 5.74) is 0.691. The summed E-state index contributed by atoms with van der Waals surface area (Å²) in [6.45, 7) is 3.05. The standard InChI is InChI=1S/C11H16FN/c1-3-4-9-13(2)11-8-6-5-7-10(11)12/h5-8H,3-4,9H2,1-2H3. The SMILES string of the molecule is CCCCN(C)c1ccccc1F. The lowest BCUT2D eigenvalue weighted by molar-refractivity contribution is 0.619. The predicted molar refractivity (Wildman–Crippen MR) is 54.6 cm³/mol. The summed E-state index contributed by atoms with van der Waals surface area (Å²) < 4.78 is 13.2. The summed E-state index contributed by atoms with van der Waals surface area (Å²) in [7, 11) is 1.92. The number of unbranched alkanes of at least 4 members (excludes halogenated alkanes) is 1. The Morgan fingerprint density at radius 3 is 2.62 bits per heavy atom. The van der Waals surface area contributed by atoms with Gasteiger partial charge in [0.05, 0.1) is 5.69 Å². The first kappa shape index (κ1) is 10.0. The van der Waals surface area contributed by atoms with E-state index >= 15 is 0 Å². The molecule has 0 spiro atoms. The van der Waals surface area contributed by atoms with Crippen LogP contribution in [0.1, 0.15) is 19.8 Å². The minimum Gasteiger partial charge on any atom is -0.372 e. The predicted octanol–water partition coefficient (Wildman–Crippen LogP) is 3.06. The topological polar surface area (TPSA) is 3.24 Å². The third kappa shape index (κ3) is 2.72. The molecule has 0 aromatic heterocycles. The van der Waals surface area contributed by atoms with Crippen LogP contribution < -0.4 is 4.90 Å². The van der Waals surface area contributed by atoms with E-state index in [1.54, 1.807) is 6.07 Å². The van der Waals surface area contributed by atoms with E-state index in [4.69, 9.17) is 0 Å². The largest absolute Gasteiger partial charge is 0.372 e. The number of rotatable bonds is 4. The van der Waals surface area contributed by atoms with Gasteiger partial charge in [0.15, 0.2) is 0 Å². The van der Waals surface area contributed by atoms with Gasteiger partial charge in [0.25, 0.3) is 0 Å². The molecule has 0 saturated heterocycles. The van der Waals surface area contributed by atoms with E-state index in [0.717, 1.165) is 19.4 Å². The summed E-state index contributed by atoms with van der Waals surface area (Å²) in [6, 6.07) is 6.89. The molecule has 0 fully saturated rings. The first-order valence-corrected chi connectivity index (χ1v) is 4.71. The molecule has 72 valence electrons. The zero-order chi connectivity index (χ0) is 9.68. The van der Waals surface area contributed by atoms with Crippen molar-refractivity contribution < 1.29 is 4.39 Å². The summed E-state index contributed by atoms with van der Waals surface area (Å²) in [4.78, 5) is 1.96. The summed E-state index contributed by atoms with van der Waals surface area (Å²) in [5.74, 6) is -0.138. The van der Waals surface area contributed by atoms with Crippen LogP contribution in [-0.4, -0.2) is 13.6 Å². The van der Waals surface area contributed by atoms with Crippen LogP contribution in [0.25, 0.3) is 0 Å². The van der Waals surface area contributed by atoms with Gasteiger partial charge < -0.3 is 4.90 Å². The number of halogens is 1. The van der Waals surface area contributed by atoms with Crippen LogP contribution in [0.3, 0.4) is 0 Å². The van der Waals surface area contributed by atoms with Crippen molar-refractivity contribution in [3.05, 3.63) is 30.1 Å². The Kier molecular flexibility index (Phi) is 3.74. The van der Waals surface area contributed by atoms with Crippen molar-refractivity contribution in [1.82, 2.24) is 0 Å². The molecule has 1 nitrogen and oxygen atoms in total. The Bertz CT molecular complexity index is 260. The smallest absolute Gasteiger partial charge is 0.146 e. The van der Waals surface area contributed by atoms with Crippen LogP contribution in [0, 0.1) is 5.82 Å². The second-order valence-electron chi connectivity index (χ2n) is 3.23. The average Bonchev–Trinajstić information content (AvgIpc) is 2.15. The van der Waals surface area contributed by atoms with Gasteiger partial charge in [-0.2, -0.15) is 0 Å². The highest BCUT2D eigenvalue weighted by molar-refractivity contribution is 5.46. The molecule has 0 aliphatic heterocycles. The fourth-order valence-corrected chi connectivity index (χ4v) is 1.28. The van der Waals surface area contributed by atoms with Crippen LogP contribution in [0.5, 0.6) is 0 Å². The number of para-hydroxylation sites is 1. The molecular weight excluding hydrogens is 165 g/mol. The highest BCUT2D eigenvalue weighted by Crippen LogP contribution is 2.16. The first-order chi connectivity index (χ1) is 6.25. The van der Waals surface area contributed by atoms with Crippen molar-refractivity contribution in [3.63, 3.8) is 0 Å². The molecule has 1 aromatic carbocycles. The highest BCUT2D eigenvalue weighted by atomic mass is 19.1. The number of hydrogen-bond donors (Lipinski definition) is 0. The third-order valence-corrected chi connectivity index (χ3v) is 2.11. The lowest BCUT2D eigenvalue weighted by atomic mass is 10.2. The Hall–Kier alpha value is -1.05.